The fourth-order valence-corrected chi connectivity index (χ4v) is 1.89. The Morgan fingerprint density at radius 2 is 1.31 bits per heavy atom. The summed E-state index contributed by atoms with van der Waals surface area (Å²) >= 11 is 0. The van der Waals surface area contributed by atoms with Crippen LogP contribution in [0.4, 0.5) is 0 Å². The average Bonchev–Trinajstić information content (AvgIpc) is 2.70. The number of methoxy groups -OCH3 is 1. The molecule has 8 nitrogen and oxygen atoms in total. The minimum absolute atomic E-state index is 0.231. The fraction of sp³-hybridized carbons (Fsp3) is 0.417. The van der Waals surface area contributed by atoms with Crippen LogP contribution >= 0.6 is 0 Å². The smallest absolute Gasteiger partial charge is 0.351 e. The van der Waals surface area contributed by atoms with Gasteiger partial charge in [-0.1, -0.05) is 43.5 Å². The molecule has 1 aromatic rings. The van der Waals surface area contributed by atoms with Gasteiger partial charge in [0.05, 0.1) is 7.11 Å². The molecule has 2 atom stereocenters. The first-order valence-electron chi connectivity index (χ1n) is 9.78. The highest BCUT2D eigenvalue weighted by molar-refractivity contribution is 5.90. The van der Waals surface area contributed by atoms with Gasteiger partial charge in [-0.25, -0.2) is 19.2 Å². The second-order valence-corrected chi connectivity index (χ2v) is 7.86. The maximum atomic E-state index is 11.5. The zero-order valence-corrected chi connectivity index (χ0v) is 19.7. The van der Waals surface area contributed by atoms with Crippen LogP contribution in [0.2, 0.25) is 0 Å². The standard InChI is InChI=1S/C13H14O4.C11H18O4/c1-9(2)12(14)17-11(13(15)16-3)10-7-5-4-6-8-10;1-7(2)9(12)14-8(3)10(13)15-11(4,5)6/h4-8,11H,1H2,2-3H3;8H,1H2,2-6H3. The third-order valence-electron chi connectivity index (χ3n) is 3.46. The molecule has 8 heteroatoms. The van der Waals surface area contributed by atoms with Gasteiger partial charge in [0.15, 0.2) is 6.10 Å². The van der Waals surface area contributed by atoms with Crippen LogP contribution in [-0.2, 0) is 38.1 Å². The van der Waals surface area contributed by atoms with E-state index in [1.54, 1.807) is 51.1 Å². The van der Waals surface area contributed by atoms with Crippen molar-refractivity contribution < 1.29 is 38.1 Å². The van der Waals surface area contributed by atoms with Gasteiger partial charge >= 0.3 is 23.9 Å². The Balaban J connectivity index is 0.000000607. The number of rotatable bonds is 7. The predicted molar refractivity (Wildman–Crippen MR) is 118 cm³/mol. The number of carbonyl (C=O) groups is 4. The summed E-state index contributed by atoms with van der Waals surface area (Å²) in [5, 5.41) is 0. The van der Waals surface area contributed by atoms with Gasteiger partial charge in [0.25, 0.3) is 0 Å². The van der Waals surface area contributed by atoms with E-state index in [4.69, 9.17) is 14.2 Å². The SMILES string of the molecule is C=C(C)C(=O)OC(C(=O)OC)c1ccccc1.C=C(C)C(=O)OC(C)C(=O)OC(C)(C)C. The molecule has 0 aliphatic heterocycles. The Hall–Kier alpha value is -3.42. The van der Waals surface area contributed by atoms with Crippen LogP contribution in [0.1, 0.15) is 53.2 Å². The summed E-state index contributed by atoms with van der Waals surface area (Å²) in [6.07, 6.45) is -1.96. The number of hydrogen-bond acceptors (Lipinski definition) is 8. The Bertz CT molecular complexity index is 833. The zero-order chi connectivity index (χ0) is 25.1. The fourth-order valence-electron chi connectivity index (χ4n) is 1.89. The van der Waals surface area contributed by atoms with E-state index in [0.717, 1.165) is 0 Å². The molecular weight excluding hydrogens is 416 g/mol. The molecule has 0 amide bonds. The second-order valence-electron chi connectivity index (χ2n) is 7.86. The Labute approximate surface area is 189 Å². The molecule has 0 saturated heterocycles. The van der Waals surface area contributed by atoms with Crippen LogP contribution in [-0.4, -0.2) is 42.7 Å². The lowest BCUT2D eigenvalue weighted by molar-refractivity contribution is -0.172. The van der Waals surface area contributed by atoms with E-state index >= 15 is 0 Å². The first kappa shape index (κ1) is 28.6. The first-order chi connectivity index (χ1) is 14.7. The van der Waals surface area contributed by atoms with Crippen LogP contribution in [0.15, 0.2) is 54.6 Å². The maximum absolute atomic E-state index is 11.5. The van der Waals surface area contributed by atoms with Crippen molar-refractivity contribution in [2.24, 2.45) is 0 Å². The highest BCUT2D eigenvalue weighted by atomic mass is 16.6. The monoisotopic (exact) mass is 448 g/mol. The predicted octanol–water partition coefficient (Wildman–Crippen LogP) is 3.86. The van der Waals surface area contributed by atoms with Crippen molar-refractivity contribution in [3.05, 3.63) is 60.2 Å². The van der Waals surface area contributed by atoms with Crippen molar-refractivity contribution in [3.63, 3.8) is 0 Å². The first-order valence-corrected chi connectivity index (χ1v) is 9.78. The zero-order valence-electron chi connectivity index (χ0n) is 19.7. The molecule has 0 aromatic heterocycles. The Morgan fingerprint density at radius 3 is 1.72 bits per heavy atom. The van der Waals surface area contributed by atoms with Crippen LogP contribution in [0.25, 0.3) is 0 Å². The van der Waals surface area contributed by atoms with Crippen molar-refractivity contribution in [3.8, 4) is 0 Å². The average molecular weight is 449 g/mol. The quantitative estimate of drug-likeness (QED) is 0.352. The lowest BCUT2D eigenvalue weighted by Crippen LogP contribution is -2.33. The molecule has 0 fully saturated rings. The summed E-state index contributed by atoms with van der Waals surface area (Å²) in [4.78, 5) is 45.4. The molecule has 0 N–H and O–H groups in total. The van der Waals surface area contributed by atoms with E-state index in [9.17, 15) is 19.2 Å². The van der Waals surface area contributed by atoms with Crippen LogP contribution < -0.4 is 0 Å². The van der Waals surface area contributed by atoms with E-state index in [1.165, 1.54) is 27.9 Å². The minimum Gasteiger partial charge on any atom is -0.466 e. The second kappa shape index (κ2) is 13.1. The van der Waals surface area contributed by atoms with Gasteiger partial charge in [-0.15, -0.1) is 0 Å². The van der Waals surface area contributed by atoms with Gasteiger partial charge in [-0.2, -0.15) is 0 Å². The summed E-state index contributed by atoms with van der Waals surface area (Å²) in [5.41, 5.74) is 0.468. The summed E-state index contributed by atoms with van der Waals surface area (Å²) in [7, 11) is 1.24. The van der Waals surface area contributed by atoms with E-state index in [0.29, 0.717) is 5.56 Å². The van der Waals surface area contributed by atoms with Crippen LogP contribution in [0.3, 0.4) is 0 Å². The lowest BCUT2D eigenvalue weighted by Gasteiger charge is -2.22. The molecule has 0 bridgehead atoms. The molecule has 0 saturated carbocycles. The number of carbonyl (C=O) groups excluding carboxylic acids is 4. The van der Waals surface area contributed by atoms with Crippen LogP contribution in [0, 0.1) is 0 Å². The molecule has 0 heterocycles. The molecule has 176 valence electrons. The van der Waals surface area contributed by atoms with Crippen molar-refractivity contribution in [1.82, 2.24) is 0 Å². The molecule has 0 aliphatic carbocycles. The normalized spacial score (nSPS) is 12.1. The molecular formula is C24H32O8. The van der Waals surface area contributed by atoms with Gasteiger partial charge in [-0.3, -0.25) is 0 Å². The third-order valence-corrected chi connectivity index (χ3v) is 3.46. The van der Waals surface area contributed by atoms with Gasteiger partial charge in [0.2, 0.25) is 6.10 Å². The molecule has 0 aliphatic rings. The van der Waals surface area contributed by atoms with Gasteiger partial charge in [0.1, 0.15) is 5.60 Å². The third kappa shape index (κ3) is 11.1. The number of ether oxygens (including phenoxy) is 4. The van der Waals surface area contributed by atoms with E-state index in [-0.39, 0.29) is 11.1 Å². The molecule has 32 heavy (non-hydrogen) atoms. The van der Waals surface area contributed by atoms with E-state index < -0.39 is 41.7 Å². The van der Waals surface area contributed by atoms with E-state index in [2.05, 4.69) is 17.9 Å². The molecule has 1 rings (SSSR count). The van der Waals surface area contributed by atoms with Crippen LogP contribution in [0.5, 0.6) is 0 Å². The van der Waals surface area contributed by atoms with Crippen molar-refractivity contribution in [1.29, 1.82) is 0 Å². The van der Waals surface area contributed by atoms with Gasteiger partial charge in [0, 0.05) is 16.7 Å². The summed E-state index contributed by atoms with van der Waals surface area (Å²) < 4.78 is 19.5. The highest BCUT2D eigenvalue weighted by Gasteiger charge is 2.26. The largest absolute Gasteiger partial charge is 0.466 e. The van der Waals surface area contributed by atoms with Crippen molar-refractivity contribution in [2.45, 2.75) is 59.4 Å². The maximum Gasteiger partial charge on any atom is 0.351 e. The van der Waals surface area contributed by atoms with Crippen molar-refractivity contribution >= 4 is 23.9 Å². The van der Waals surface area contributed by atoms with E-state index in [1.807, 2.05) is 0 Å². The van der Waals surface area contributed by atoms with Gasteiger partial charge in [-0.05, 0) is 41.5 Å². The summed E-state index contributed by atoms with van der Waals surface area (Å²) in [6, 6.07) is 8.68. The summed E-state index contributed by atoms with van der Waals surface area (Å²) in [5.74, 6) is -2.39. The lowest BCUT2D eigenvalue weighted by atomic mass is 10.1. The van der Waals surface area contributed by atoms with Gasteiger partial charge < -0.3 is 18.9 Å². The summed E-state index contributed by atoms with van der Waals surface area (Å²) in [6.45, 7) is 16.6. The minimum atomic E-state index is -1.05. The van der Waals surface area contributed by atoms with Crippen molar-refractivity contribution in [2.75, 3.05) is 7.11 Å². The molecule has 0 radical (unpaired) electrons. The molecule has 0 spiro atoms. The number of hydrogen-bond donors (Lipinski definition) is 0. The number of esters is 4. The highest BCUT2D eigenvalue weighted by Crippen LogP contribution is 2.20. The Morgan fingerprint density at radius 1 is 0.844 bits per heavy atom. The number of benzene rings is 1. The topological polar surface area (TPSA) is 105 Å². The molecule has 1 aromatic carbocycles. The molecule has 2 unspecified atom stereocenters. The Kier molecular flexibility index (Phi) is 11.7.